The zero-order valence-electron chi connectivity index (χ0n) is 21.2. The lowest BCUT2D eigenvalue weighted by molar-refractivity contribution is -0.213. The first kappa shape index (κ1) is 26.8. The maximum Gasteiger partial charge on any atom is 0.408 e. The molecule has 0 saturated carbocycles. The van der Waals surface area contributed by atoms with Crippen LogP contribution < -0.4 is 5.32 Å². The van der Waals surface area contributed by atoms with Crippen LogP contribution in [0.2, 0.25) is 0 Å². The van der Waals surface area contributed by atoms with Crippen molar-refractivity contribution >= 4 is 12.1 Å². The van der Waals surface area contributed by atoms with E-state index in [1.165, 1.54) is 7.11 Å². The van der Waals surface area contributed by atoms with E-state index in [-0.39, 0.29) is 13.0 Å². The summed E-state index contributed by atoms with van der Waals surface area (Å²) in [6, 6.07) is 18.2. The van der Waals surface area contributed by atoms with E-state index in [1.54, 1.807) is 12.2 Å². The predicted octanol–water partition coefficient (Wildman–Crippen LogP) is 3.86. The van der Waals surface area contributed by atoms with Crippen molar-refractivity contribution in [3.8, 4) is 0 Å². The van der Waals surface area contributed by atoms with Crippen molar-refractivity contribution in [2.24, 2.45) is 0 Å². The molecule has 2 aliphatic rings. The van der Waals surface area contributed by atoms with Gasteiger partial charge in [0, 0.05) is 0 Å². The minimum absolute atomic E-state index is 0.0892. The molecule has 2 heterocycles. The van der Waals surface area contributed by atoms with Crippen molar-refractivity contribution in [2.45, 2.75) is 69.9 Å². The van der Waals surface area contributed by atoms with Gasteiger partial charge in [0.25, 0.3) is 0 Å². The molecular formula is C28H33NO8. The zero-order valence-corrected chi connectivity index (χ0v) is 21.2. The van der Waals surface area contributed by atoms with Gasteiger partial charge in [-0.25, -0.2) is 9.59 Å². The molecule has 198 valence electrons. The second-order valence-corrected chi connectivity index (χ2v) is 9.28. The Morgan fingerprint density at radius 3 is 2.30 bits per heavy atom. The number of carbonyl (C=O) groups is 2. The Morgan fingerprint density at radius 2 is 1.65 bits per heavy atom. The molecule has 2 fully saturated rings. The molecule has 2 aromatic rings. The Bertz CT molecular complexity index is 1060. The smallest absolute Gasteiger partial charge is 0.408 e. The standard InChI is InChI=1S/C28H33NO8/c1-28(2)36-24-23(33-17-19-11-6-4-7-12-19)22(35-26(24)37-28)16-10-15-21(25(30)32-3)29-27(31)34-18-20-13-8-5-9-14-20/h4-14,16,21-24,26H,15,17-18H2,1-3H3,(H,29,31)/b16-10+/t21-,22-,23+,24-,26-/m1/s1. The number of amides is 1. The number of benzene rings is 2. The highest BCUT2D eigenvalue weighted by atomic mass is 16.8. The molecule has 5 atom stereocenters. The van der Waals surface area contributed by atoms with Crippen LogP contribution >= 0.6 is 0 Å². The number of fused-ring (bicyclic) bond motifs is 1. The van der Waals surface area contributed by atoms with Crippen LogP contribution in [0, 0.1) is 0 Å². The molecule has 0 bridgehead atoms. The molecule has 0 aliphatic carbocycles. The quantitative estimate of drug-likeness (QED) is 0.379. The minimum atomic E-state index is -0.930. The van der Waals surface area contributed by atoms with Crippen molar-refractivity contribution in [1.29, 1.82) is 0 Å². The van der Waals surface area contributed by atoms with Crippen molar-refractivity contribution in [3.63, 3.8) is 0 Å². The highest BCUT2D eigenvalue weighted by Gasteiger charge is 2.54. The molecule has 1 N–H and O–H groups in total. The Hall–Kier alpha value is -3.24. The second kappa shape index (κ2) is 12.3. The van der Waals surface area contributed by atoms with E-state index in [1.807, 2.05) is 74.5 Å². The lowest BCUT2D eigenvalue weighted by Crippen LogP contribution is -2.41. The van der Waals surface area contributed by atoms with Crippen molar-refractivity contribution in [2.75, 3.05) is 7.11 Å². The summed E-state index contributed by atoms with van der Waals surface area (Å²) in [5.74, 6) is -1.37. The number of hydrogen-bond acceptors (Lipinski definition) is 8. The van der Waals surface area contributed by atoms with E-state index >= 15 is 0 Å². The van der Waals surface area contributed by atoms with E-state index in [9.17, 15) is 9.59 Å². The Labute approximate surface area is 216 Å². The van der Waals surface area contributed by atoms with Gasteiger partial charge in [0.1, 0.15) is 31.0 Å². The van der Waals surface area contributed by atoms with E-state index in [2.05, 4.69) is 5.32 Å². The second-order valence-electron chi connectivity index (χ2n) is 9.28. The molecule has 0 aromatic heterocycles. The summed E-state index contributed by atoms with van der Waals surface area (Å²) < 4.78 is 34.3. The zero-order chi connectivity index (χ0) is 26.3. The van der Waals surface area contributed by atoms with Gasteiger partial charge >= 0.3 is 12.1 Å². The first-order valence-corrected chi connectivity index (χ1v) is 12.2. The molecule has 0 spiro atoms. The lowest BCUT2D eigenvalue weighted by Gasteiger charge is -2.24. The summed E-state index contributed by atoms with van der Waals surface area (Å²) in [5, 5.41) is 2.56. The Kier molecular flexibility index (Phi) is 8.94. The van der Waals surface area contributed by atoms with Crippen LogP contribution in [0.3, 0.4) is 0 Å². The molecule has 4 rings (SSSR count). The molecular weight excluding hydrogens is 478 g/mol. The van der Waals surface area contributed by atoms with Crippen molar-refractivity contribution < 1.29 is 38.0 Å². The summed E-state index contributed by atoms with van der Waals surface area (Å²) >= 11 is 0. The van der Waals surface area contributed by atoms with Gasteiger partial charge in [0.15, 0.2) is 12.1 Å². The number of hydrogen-bond donors (Lipinski definition) is 1. The molecule has 2 aromatic carbocycles. The summed E-state index contributed by atoms with van der Waals surface area (Å²) in [7, 11) is 1.27. The normalized spacial score (nSPS) is 24.9. The number of methoxy groups -OCH3 is 1. The monoisotopic (exact) mass is 511 g/mol. The van der Waals surface area contributed by atoms with Gasteiger partial charge in [-0.1, -0.05) is 72.8 Å². The molecule has 1 amide bonds. The van der Waals surface area contributed by atoms with Gasteiger partial charge in [0.05, 0.1) is 13.7 Å². The number of carbonyl (C=O) groups excluding carboxylic acids is 2. The van der Waals surface area contributed by atoms with E-state index < -0.39 is 48.5 Å². The molecule has 2 aliphatic heterocycles. The minimum Gasteiger partial charge on any atom is -0.467 e. The number of alkyl carbamates (subject to hydrolysis) is 1. The average molecular weight is 512 g/mol. The maximum absolute atomic E-state index is 12.3. The third-order valence-corrected chi connectivity index (χ3v) is 6.00. The summed E-state index contributed by atoms with van der Waals surface area (Å²) in [6.45, 7) is 4.13. The van der Waals surface area contributed by atoms with Gasteiger partial charge < -0.3 is 33.7 Å². The van der Waals surface area contributed by atoms with E-state index in [0.717, 1.165) is 11.1 Å². The van der Waals surface area contributed by atoms with Gasteiger partial charge in [-0.2, -0.15) is 0 Å². The first-order chi connectivity index (χ1) is 17.8. The highest BCUT2D eigenvalue weighted by Crippen LogP contribution is 2.39. The molecule has 37 heavy (non-hydrogen) atoms. The third kappa shape index (κ3) is 7.39. The number of rotatable bonds is 10. The van der Waals surface area contributed by atoms with Gasteiger partial charge in [-0.3, -0.25) is 0 Å². The Balaban J connectivity index is 1.36. The number of nitrogens with one attached hydrogen (secondary N) is 1. The topological polar surface area (TPSA) is 102 Å². The predicted molar refractivity (Wildman–Crippen MR) is 133 cm³/mol. The van der Waals surface area contributed by atoms with Crippen molar-refractivity contribution in [1.82, 2.24) is 5.32 Å². The largest absolute Gasteiger partial charge is 0.467 e. The van der Waals surface area contributed by atoms with Gasteiger partial charge in [-0.15, -0.1) is 0 Å². The molecule has 0 unspecified atom stereocenters. The molecule has 9 nitrogen and oxygen atoms in total. The molecule has 9 heteroatoms. The first-order valence-electron chi connectivity index (χ1n) is 12.2. The van der Waals surface area contributed by atoms with Crippen LogP contribution in [0.4, 0.5) is 4.79 Å². The highest BCUT2D eigenvalue weighted by molar-refractivity contribution is 5.81. The van der Waals surface area contributed by atoms with Gasteiger partial charge in [-0.05, 0) is 31.4 Å². The Morgan fingerprint density at radius 1 is 1.00 bits per heavy atom. The van der Waals surface area contributed by atoms with Crippen LogP contribution in [-0.4, -0.2) is 55.6 Å². The summed E-state index contributed by atoms with van der Waals surface area (Å²) in [6.07, 6.45) is 1.11. The fourth-order valence-corrected chi connectivity index (χ4v) is 4.23. The fourth-order valence-electron chi connectivity index (χ4n) is 4.23. The van der Waals surface area contributed by atoms with Crippen LogP contribution in [0.1, 0.15) is 31.4 Å². The number of esters is 1. The van der Waals surface area contributed by atoms with E-state index in [0.29, 0.717) is 6.61 Å². The number of ether oxygens (including phenoxy) is 6. The molecule has 2 saturated heterocycles. The van der Waals surface area contributed by atoms with Crippen LogP contribution in [0.15, 0.2) is 72.8 Å². The van der Waals surface area contributed by atoms with Crippen LogP contribution in [-0.2, 0) is 46.4 Å². The summed E-state index contributed by atoms with van der Waals surface area (Å²) in [5.41, 5.74) is 1.86. The van der Waals surface area contributed by atoms with Crippen LogP contribution in [0.25, 0.3) is 0 Å². The van der Waals surface area contributed by atoms with Crippen molar-refractivity contribution in [3.05, 3.63) is 83.9 Å². The average Bonchev–Trinajstić information content (AvgIpc) is 3.37. The maximum atomic E-state index is 12.3. The van der Waals surface area contributed by atoms with Crippen LogP contribution in [0.5, 0.6) is 0 Å². The molecule has 0 radical (unpaired) electrons. The fraction of sp³-hybridized carbons (Fsp3) is 0.429. The van der Waals surface area contributed by atoms with E-state index in [4.69, 9.17) is 28.4 Å². The lowest BCUT2D eigenvalue weighted by atomic mass is 10.1. The van der Waals surface area contributed by atoms with Gasteiger partial charge in [0.2, 0.25) is 0 Å². The SMILES string of the molecule is COC(=O)[C@@H](C/C=C/[C@H]1O[C@@H]2OC(C)(C)O[C@@H]2[C@H]1OCc1ccccc1)NC(=O)OCc1ccccc1. The summed E-state index contributed by atoms with van der Waals surface area (Å²) in [4.78, 5) is 24.6. The third-order valence-electron chi connectivity index (χ3n) is 6.00.